The third-order valence-corrected chi connectivity index (χ3v) is 7.41. The van der Waals surface area contributed by atoms with Gasteiger partial charge >= 0.3 is 0 Å². The third kappa shape index (κ3) is 3.09. The van der Waals surface area contributed by atoms with Crippen molar-refractivity contribution in [2.75, 3.05) is 14.1 Å². The minimum absolute atomic E-state index is 0.000432. The number of Topliss-reactive ketones (excluding diaryl/α,β-unsaturated/α-hetero) is 2. The van der Waals surface area contributed by atoms with Gasteiger partial charge < -0.3 is 26.2 Å². The standard InChI is InChI=1S/C23H26ClN3O7/c1-4-5-11-16(28)13-9(21(24)26-11)6-8-7-10-15(27(2)3)18(30)14(22(25)33)20(32)23(10,34)19(31)12(8)17(13)29/h8,10,15,28,30-31,34H,4-7H2,1-3H3,(H2,25,33)/t8-,10-,15-,23-/m0/s1. The Kier molecular flexibility index (Phi) is 5.74. The van der Waals surface area contributed by atoms with E-state index in [1.165, 1.54) is 4.90 Å². The molecule has 4 atom stereocenters. The summed E-state index contributed by atoms with van der Waals surface area (Å²) in [4.78, 5) is 44.5. The van der Waals surface area contributed by atoms with Crippen LogP contribution in [0.4, 0.5) is 0 Å². The second kappa shape index (κ2) is 8.07. The lowest BCUT2D eigenvalue weighted by Gasteiger charge is -2.50. The molecule has 1 heterocycles. The molecule has 11 heteroatoms. The maximum atomic E-state index is 13.6. The first-order valence-corrected chi connectivity index (χ1v) is 11.3. The summed E-state index contributed by atoms with van der Waals surface area (Å²) >= 11 is 6.37. The number of ketones is 2. The van der Waals surface area contributed by atoms with Crippen LogP contribution in [0.15, 0.2) is 22.7 Å². The number of carbonyl (C=O) groups excluding carboxylic acids is 3. The van der Waals surface area contributed by atoms with Gasteiger partial charge in [-0.25, -0.2) is 4.98 Å². The van der Waals surface area contributed by atoms with Gasteiger partial charge in [0.1, 0.15) is 28.0 Å². The number of aryl methyl sites for hydroxylation is 1. The Bertz CT molecular complexity index is 1210. The number of primary amides is 1. The van der Waals surface area contributed by atoms with Crippen LogP contribution in [0.5, 0.6) is 5.75 Å². The minimum Gasteiger partial charge on any atom is -0.510 e. The number of carbonyl (C=O) groups is 3. The van der Waals surface area contributed by atoms with E-state index in [0.29, 0.717) is 18.4 Å². The summed E-state index contributed by atoms with van der Waals surface area (Å²) in [5, 5.41) is 44.3. The highest BCUT2D eigenvalue weighted by Crippen LogP contribution is 2.52. The molecule has 34 heavy (non-hydrogen) atoms. The molecule has 0 saturated carbocycles. The summed E-state index contributed by atoms with van der Waals surface area (Å²) in [5.41, 5.74) is 2.02. The Morgan fingerprint density at radius 2 is 1.91 bits per heavy atom. The van der Waals surface area contributed by atoms with E-state index in [1.54, 1.807) is 14.1 Å². The van der Waals surface area contributed by atoms with E-state index in [1.807, 2.05) is 6.92 Å². The smallest absolute Gasteiger partial charge is 0.255 e. The molecule has 1 amide bonds. The van der Waals surface area contributed by atoms with Gasteiger partial charge in [-0.1, -0.05) is 24.9 Å². The van der Waals surface area contributed by atoms with E-state index in [2.05, 4.69) is 4.98 Å². The van der Waals surface area contributed by atoms with Crippen molar-refractivity contribution in [2.45, 2.75) is 44.2 Å². The van der Waals surface area contributed by atoms with Gasteiger partial charge in [-0.3, -0.25) is 19.3 Å². The van der Waals surface area contributed by atoms with Crippen LogP contribution in [-0.4, -0.2) is 73.5 Å². The molecule has 1 aromatic rings. The second-order valence-corrected chi connectivity index (χ2v) is 9.62. The Hall–Kier alpha value is -2.95. The Morgan fingerprint density at radius 1 is 1.26 bits per heavy atom. The van der Waals surface area contributed by atoms with Crippen LogP contribution in [0.1, 0.15) is 41.4 Å². The fraction of sp³-hybridized carbons (Fsp3) is 0.478. The summed E-state index contributed by atoms with van der Waals surface area (Å²) in [6.45, 7) is 1.87. The molecule has 0 unspecified atom stereocenters. The molecule has 0 saturated heterocycles. The number of aliphatic hydroxyl groups is 3. The predicted octanol–water partition coefficient (Wildman–Crippen LogP) is 1.12. The number of allylic oxidation sites excluding steroid dienone is 1. The lowest BCUT2D eigenvalue weighted by Crippen LogP contribution is -2.63. The van der Waals surface area contributed by atoms with Crippen LogP contribution in [0.25, 0.3) is 0 Å². The molecule has 0 spiro atoms. The largest absolute Gasteiger partial charge is 0.510 e. The minimum atomic E-state index is -2.66. The Labute approximate surface area is 200 Å². The predicted molar refractivity (Wildman–Crippen MR) is 120 cm³/mol. The van der Waals surface area contributed by atoms with Crippen LogP contribution in [0, 0.1) is 11.8 Å². The number of nitrogens with zero attached hydrogens (tertiary/aromatic N) is 2. The molecule has 6 N–H and O–H groups in total. The maximum absolute atomic E-state index is 13.6. The topological polar surface area (TPSA) is 174 Å². The number of aliphatic hydroxyl groups excluding tert-OH is 2. The number of halogens is 1. The van der Waals surface area contributed by atoms with Gasteiger partial charge in [-0.2, -0.15) is 0 Å². The molecule has 0 aliphatic heterocycles. The number of hydrogen-bond acceptors (Lipinski definition) is 9. The van der Waals surface area contributed by atoms with Crippen molar-refractivity contribution in [1.29, 1.82) is 0 Å². The van der Waals surface area contributed by atoms with Crippen molar-refractivity contribution in [3.8, 4) is 5.75 Å². The van der Waals surface area contributed by atoms with E-state index in [9.17, 15) is 34.8 Å². The molecule has 0 radical (unpaired) electrons. The first-order chi connectivity index (χ1) is 15.9. The Balaban J connectivity index is 1.96. The van der Waals surface area contributed by atoms with E-state index < -0.39 is 58.0 Å². The van der Waals surface area contributed by atoms with Crippen LogP contribution < -0.4 is 5.73 Å². The lowest BCUT2D eigenvalue weighted by atomic mass is 9.58. The highest BCUT2D eigenvalue weighted by molar-refractivity contribution is 6.31. The number of nitrogens with two attached hydrogens (primary N) is 1. The number of amides is 1. The SMILES string of the molecule is CCCc1nc(Cl)c2c(c1O)C(=O)C1=C(O)[C@]3(O)C(=O)C(C(N)=O)=C(O)[C@@H](N(C)C)[C@@H]3C[C@@H]1C2. The average molecular weight is 492 g/mol. The van der Waals surface area contributed by atoms with Crippen molar-refractivity contribution in [1.82, 2.24) is 9.88 Å². The molecule has 1 aromatic heterocycles. The summed E-state index contributed by atoms with van der Waals surface area (Å²) in [6, 6.07) is -1.04. The van der Waals surface area contributed by atoms with Crippen LogP contribution in [-0.2, 0) is 22.4 Å². The van der Waals surface area contributed by atoms with Gasteiger partial charge in [0.2, 0.25) is 5.78 Å². The van der Waals surface area contributed by atoms with Gasteiger partial charge in [-0.15, -0.1) is 0 Å². The number of pyridine rings is 1. The zero-order chi connectivity index (χ0) is 25.3. The highest BCUT2D eigenvalue weighted by Gasteiger charge is 2.63. The number of rotatable bonds is 4. The number of aromatic hydroxyl groups is 1. The summed E-state index contributed by atoms with van der Waals surface area (Å²) in [5.74, 6) is -6.94. The van der Waals surface area contributed by atoms with E-state index in [-0.39, 0.29) is 40.6 Å². The summed E-state index contributed by atoms with van der Waals surface area (Å²) < 4.78 is 0. The van der Waals surface area contributed by atoms with Gasteiger partial charge in [0.15, 0.2) is 11.4 Å². The molecule has 10 nitrogen and oxygen atoms in total. The fourth-order valence-electron chi connectivity index (χ4n) is 5.62. The number of fused-ring (bicyclic) bond motifs is 3. The third-order valence-electron chi connectivity index (χ3n) is 7.10. The molecular weight excluding hydrogens is 466 g/mol. The summed E-state index contributed by atoms with van der Waals surface area (Å²) in [7, 11) is 3.14. The fourth-order valence-corrected chi connectivity index (χ4v) is 5.89. The van der Waals surface area contributed by atoms with Gasteiger partial charge in [0.25, 0.3) is 5.91 Å². The monoisotopic (exact) mass is 491 g/mol. The number of hydrogen-bond donors (Lipinski definition) is 5. The summed E-state index contributed by atoms with van der Waals surface area (Å²) in [6.07, 6.45) is 1.11. The van der Waals surface area contributed by atoms with Crippen molar-refractivity contribution in [3.05, 3.63) is 44.6 Å². The maximum Gasteiger partial charge on any atom is 0.255 e. The van der Waals surface area contributed by atoms with Crippen molar-refractivity contribution in [3.63, 3.8) is 0 Å². The molecular formula is C23H26ClN3O7. The van der Waals surface area contributed by atoms with E-state index in [4.69, 9.17) is 17.3 Å². The van der Waals surface area contributed by atoms with E-state index in [0.717, 1.165) is 0 Å². The van der Waals surface area contributed by atoms with Gasteiger partial charge in [-0.05, 0) is 39.3 Å². The van der Waals surface area contributed by atoms with Gasteiger partial charge in [0.05, 0.1) is 17.3 Å². The second-order valence-electron chi connectivity index (χ2n) is 9.26. The van der Waals surface area contributed by atoms with Crippen LogP contribution >= 0.6 is 11.6 Å². The van der Waals surface area contributed by atoms with Crippen molar-refractivity contribution in [2.24, 2.45) is 17.6 Å². The van der Waals surface area contributed by atoms with Crippen molar-refractivity contribution >= 4 is 29.1 Å². The first kappa shape index (κ1) is 24.2. The van der Waals surface area contributed by atoms with Crippen molar-refractivity contribution < 1.29 is 34.8 Å². The molecule has 182 valence electrons. The molecule has 0 fully saturated rings. The molecule has 0 aromatic carbocycles. The van der Waals surface area contributed by atoms with E-state index >= 15 is 0 Å². The highest BCUT2D eigenvalue weighted by atomic mass is 35.5. The van der Waals surface area contributed by atoms with Crippen LogP contribution in [0.2, 0.25) is 5.15 Å². The molecule has 3 aliphatic rings. The Morgan fingerprint density at radius 3 is 2.47 bits per heavy atom. The normalized spacial score (nSPS) is 28.7. The quantitative estimate of drug-likeness (QED) is 0.305. The first-order valence-electron chi connectivity index (χ1n) is 10.9. The molecule has 4 rings (SSSR count). The molecule has 3 aliphatic carbocycles. The molecule has 0 bridgehead atoms. The van der Waals surface area contributed by atoms with Gasteiger partial charge in [0, 0.05) is 17.1 Å². The lowest BCUT2D eigenvalue weighted by molar-refractivity contribution is -0.148. The zero-order valence-electron chi connectivity index (χ0n) is 18.9. The number of aromatic nitrogens is 1. The average Bonchev–Trinajstić information content (AvgIpc) is 2.74. The number of likely N-dealkylation sites (N-methyl/N-ethyl adjacent to an activating group) is 1. The van der Waals surface area contributed by atoms with Crippen LogP contribution in [0.3, 0.4) is 0 Å². The zero-order valence-corrected chi connectivity index (χ0v) is 19.7.